The standard InChI is InChI=1S/C14H24O7/c1-3-5-7-10(6-4-2)21-12(17)9-14(20,13(18)19)8-11(15)16/h10,20H,3-9H2,1-2H3,(H,15,16)(H,18,19). The number of hydrogen-bond donors (Lipinski definition) is 3. The van der Waals surface area contributed by atoms with Crippen LogP contribution in [0.2, 0.25) is 0 Å². The lowest BCUT2D eigenvalue weighted by molar-refractivity contribution is -0.173. The Kier molecular flexibility index (Phi) is 8.61. The molecule has 2 unspecified atom stereocenters. The maximum absolute atomic E-state index is 11.8. The van der Waals surface area contributed by atoms with E-state index in [1.165, 1.54) is 0 Å². The Hall–Kier alpha value is -1.63. The van der Waals surface area contributed by atoms with E-state index in [9.17, 15) is 19.5 Å². The number of hydrogen-bond acceptors (Lipinski definition) is 5. The fourth-order valence-electron chi connectivity index (χ4n) is 1.95. The first kappa shape index (κ1) is 19.4. The molecule has 0 aliphatic rings. The minimum Gasteiger partial charge on any atom is -0.481 e. The predicted molar refractivity (Wildman–Crippen MR) is 73.8 cm³/mol. The summed E-state index contributed by atoms with van der Waals surface area (Å²) in [6.45, 7) is 3.94. The normalized spacial score (nSPS) is 15.0. The van der Waals surface area contributed by atoms with Gasteiger partial charge < -0.3 is 20.1 Å². The second kappa shape index (κ2) is 9.33. The highest BCUT2D eigenvalue weighted by Gasteiger charge is 2.41. The van der Waals surface area contributed by atoms with E-state index in [1.54, 1.807) is 0 Å². The molecular formula is C14H24O7. The molecule has 21 heavy (non-hydrogen) atoms. The molecule has 7 nitrogen and oxygen atoms in total. The number of carbonyl (C=O) groups is 3. The second-order valence-corrected chi connectivity index (χ2v) is 5.13. The van der Waals surface area contributed by atoms with Crippen LogP contribution in [0.5, 0.6) is 0 Å². The monoisotopic (exact) mass is 304 g/mol. The third-order valence-electron chi connectivity index (χ3n) is 3.07. The molecule has 3 N–H and O–H groups in total. The summed E-state index contributed by atoms with van der Waals surface area (Å²) >= 11 is 0. The SMILES string of the molecule is CCCCC(CCC)OC(=O)CC(O)(CC(=O)O)C(=O)O. The first-order valence-electron chi connectivity index (χ1n) is 7.12. The van der Waals surface area contributed by atoms with Crippen molar-refractivity contribution in [2.75, 3.05) is 0 Å². The highest BCUT2D eigenvalue weighted by Crippen LogP contribution is 2.19. The number of aliphatic hydroxyl groups is 1. The summed E-state index contributed by atoms with van der Waals surface area (Å²) in [5, 5.41) is 27.3. The molecular weight excluding hydrogens is 280 g/mol. The zero-order valence-corrected chi connectivity index (χ0v) is 12.5. The minimum absolute atomic E-state index is 0.328. The summed E-state index contributed by atoms with van der Waals surface area (Å²) in [6, 6.07) is 0. The van der Waals surface area contributed by atoms with Gasteiger partial charge in [-0.3, -0.25) is 9.59 Å². The lowest BCUT2D eigenvalue weighted by atomic mass is 9.96. The summed E-state index contributed by atoms with van der Waals surface area (Å²) < 4.78 is 5.17. The third kappa shape index (κ3) is 7.65. The molecule has 0 spiro atoms. The minimum atomic E-state index is -2.63. The van der Waals surface area contributed by atoms with Crippen molar-refractivity contribution in [1.82, 2.24) is 0 Å². The van der Waals surface area contributed by atoms with Crippen LogP contribution in [0.1, 0.15) is 58.8 Å². The van der Waals surface area contributed by atoms with Crippen LogP contribution < -0.4 is 0 Å². The molecule has 0 rings (SSSR count). The molecule has 0 amide bonds. The summed E-state index contributed by atoms with van der Waals surface area (Å²) in [7, 11) is 0. The number of aliphatic carboxylic acids is 2. The fourth-order valence-corrected chi connectivity index (χ4v) is 1.95. The second-order valence-electron chi connectivity index (χ2n) is 5.13. The number of rotatable bonds is 11. The van der Waals surface area contributed by atoms with Crippen molar-refractivity contribution >= 4 is 17.9 Å². The van der Waals surface area contributed by atoms with Crippen molar-refractivity contribution in [3.8, 4) is 0 Å². The first-order chi connectivity index (χ1) is 9.75. The van der Waals surface area contributed by atoms with Gasteiger partial charge in [0.1, 0.15) is 6.10 Å². The van der Waals surface area contributed by atoms with E-state index >= 15 is 0 Å². The van der Waals surface area contributed by atoms with Gasteiger partial charge in [0.15, 0.2) is 5.60 Å². The molecule has 0 aromatic carbocycles. The molecule has 0 bridgehead atoms. The summed E-state index contributed by atoms with van der Waals surface area (Å²) in [5.41, 5.74) is -2.63. The van der Waals surface area contributed by atoms with Crippen LogP contribution in [0.15, 0.2) is 0 Å². The molecule has 122 valence electrons. The van der Waals surface area contributed by atoms with Gasteiger partial charge in [0.05, 0.1) is 12.8 Å². The lowest BCUT2D eigenvalue weighted by Crippen LogP contribution is -2.43. The van der Waals surface area contributed by atoms with E-state index in [4.69, 9.17) is 14.9 Å². The molecule has 0 heterocycles. The molecule has 0 saturated heterocycles. The van der Waals surface area contributed by atoms with Gasteiger partial charge >= 0.3 is 17.9 Å². The van der Waals surface area contributed by atoms with Crippen molar-refractivity contribution < 1.29 is 34.4 Å². The van der Waals surface area contributed by atoms with Crippen molar-refractivity contribution in [1.29, 1.82) is 0 Å². The van der Waals surface area contributed by atoms with Crippen LogP contribution in [0, 0.1) is 0 Å². The van der Waals surface area contributed by atoms with E-state index < -0.39 is 36.4 Å². The Morgan fingerprint density at radius 1 is 1.05 bits per heavy atom. The number of carboxylic acid groups (broad SMARTS) is 2. The van der Waals surface area contributed by atoms with E-state index in [-0.39, 0.29) is 6.10 Å². The molecule has 7 heteroatoms. The Labute approximate surface area is 123 Å². The topological polar surface area (TPSA) is 121 Å². The molecule has 0 saturated carbocycles. The van der Waals surface area contributed by atoms with Gasteiger partial charge in [-0.25, -0.2) is 4.79 Å². The summed E-state index contributed by atoms with van der Waals surface area (Å²) in [6.07, 6.45) is 1.68. The Morgan fingerprint density at radius 2 is 1.67 bits per heavy atom. The van der Waals surface area contributed by atoms with Crippen molar-refractivity contribution in [3.63, 3.8) is 0 Å². The third-order valence-corrected chi connectivity index (χ3v) is 3.07. The van der Waals surface area contributed by atoms with Crippen molar-refractivity contribution in [3.05, 3.63) is 0 Å². The van der Waals surface area contributed by atoms with E-state index in [1.807, 2.05) is 13.8 Å². The average molecular weight is 304 g/mol. The van der Waals surface area contributed by atoms with Crippen LogP contribution in [0.3, 0.4) is 0 Å². The molecule has 0 radical (unpaired) electrons. The van der Waals surface area contributed by atoms with E-state index in [0.29, 0.717) is 12.8 Å². The smallest absolute Gasteiger partial charge is 0.336 e. The van der Waals surface area contributed by atoms with Crippen LogP contribution in [0.4, 0.5) is 0 Å². The molecule has 2 atom stereocenters. The van der Waals surface area contributed by atoms with Gasteiger partial charge in [-0.1, -0.05) is 33.1 Å². The molecule has 0 aliphatic carbocycles. The first-order valence-corrected chi connectivity index (χ1v) is 7.12. The lowest BCUT2D eigenvalue weighted by Gasteiger charge is -2.23. The zero-order valence-electron chi connectivity index (χ0n) is 12.5. The molecule has 0 aromatic heterocycles. The van der Waals surface area contributed by atoms with Crippen molar-refractivity contribution in [2.24, 2.45) is 0 Å². The average Bonchev–Trinajstić information content (AvgIpc) is 2.34. The molecule has 0 aliphatic heterocycles. The van der Waals surface area contributed by atoms with E-state index in [2.05, 4.69) is 0 Å². The Bertz CT molecular complexity index is 366. The van der Waals surface area contributed by atoms with Crippen LogP contribution in [-0.2, 0) is 19.1 Å². The number of esters is 1. The van der Waals surface area contributed by atoms with E-state index in [0.717, 1.165) is 19.3 Å². The number of carbonyl (C=O) groups excluding carboxylic acids is 1. The van der Waals surface area contributed by atoms with Gasteiger partial charge in [-0.15, -0.1) is 0 Å². The highest BCUT2D eigenvalue weighted by molar-refractivity contribution is 5.88. The highest BCUT2D eigenvalue weighted by atomic mass is 16.5. The fraction of sp³-hybridized carbons (Fsp3) is 0.786. The zero-order chi connectivity index (χ0) is 16.5. The largest absolute Gasteiger partial charge is 0.481 e. The van der Waals surface area contributed by atoms with Gasteiger partial charge in [-0.2, -0.15) is 0 Å². The van der Waals surface area contributed by atoms with Gasteiger partial charge in [0.25, 0.3) is 0 Å². The van der Waals surface area contributed by atoms with Crippen LogP contribution >= 0.6 is 0 Å². The van der Waals surface area contributed by atoms with Crippen LogP contribution in [-0.4, -0.2) is 44.9 Å². The van der Waals surface area contributed by atoms with Gasteiger partial charge in [0, 0.05) is 0 Å². The number of ether oxygens (including phenoxy) is 1. The van der Waals surface area contributed by atoms with Crippen molar-refractivity contribution in [2.45, 2.75) is 70.5 Å². The summed E-state index contributed by atoms with van der Waals surface area (Å²) in [4.78, 5) is 33.3. The quantitative estimate of drug-likeness (QED) is 0.495. The van der Waals surface area contributed by atoms with Gasteiger partial charge in [0.2, 0.25) is 0 Å². The van der Waals surface area contributed by atoms with Crippen LogP contribution in [0.25, 0.3) is 0 Å². The predicted octanol–water partition coefficient (Wildman–Crippen LogP) is 1.57. The Balaban J connectivity index is 4.66. The number of unbranched alkanes of at least 4 members (excludes halogenated alkanes) is 1. The maximum Gasteiger partial charge on any atom is 0.336 e. The Morgan fingerprint density at radius 3 is 2.10 bits per heavy atom. The maximum atomic E-state index is 11.8. The number of carboxylic acids is 2. The van der Waals surface area contributed by atoms with Gasteiger partial charge in [-0.05, 0) is 12.8 Å². The molecule has 0 aromatic rings. The molecule has 0 fully saturated rings. The summed E-state index contributed by atoms with van der Waals surface area (Å²) in [5.74, 6) is -4.14.